The molecule has 82 valence electrons. The van der Waals surface area contributed by atoms with E-state index < -0.39 is 11.7 Å². The summed E-state index contributed by atoms with van der Waals surface area (Å²) < 4.78 is 36.8. The largest absolute Gasteiger partial charge is 0.416 e. The minimum Gasteiger partial charge on any atom is -0.398 e. The van der Waals surface area contributed by atoms with Crippen LogP contribution in [0.25, 0.3) is 6.08 Å². The zero-order chi connectivity index (χ0) is 11.5. The fraction of sp³-hybridized carbons (Fsp3) is 0.200. The van der Waals surface area contributed by atoms with Gasteiger partial charge in [0.1, 0.15) is 0 Å². The Kier molecular flexibility index (Phi) is 3.36. The van der Waals surface area contributed by atoms with E-state index in [0.717, 1.165) is 12.1 Å². The van der Waals surface area contributed by atoms with Crippen molar-refractivity contribution in [3.63, 3.8) is 0 Å². The third-order valence-electron chi connectivity index (χ3n) is 1.85. The summed E-state index contributed by atoms with van der Waals surface area (Å²) in [7, 11) is 0. The van der Waals surface area contributed by atoms with Gasteiger partial charge in [0, 0.05) is 12.2 Å². The number of hydrogen-bond acceptors (Lipinski definition) is 2. The van der Waals surface area contributed by atoms with E-state index in [0.29, 0.717) is 12.1 Å². The molecule has 0 aliphatic rings. The van der Waals surface area contributed by atoms with Gasteiger partial charge in [-0.15, -0.1) is 0 Å². The molecule has 0 bridgehead atoms. The summed E-state index contributed by atoms with van der Waals surface area (Å²) in [5.41, 5.74) is 10.6. The van der Waals surface area contributed by atoms with Crippen LogP contribution in [-0.4, -0.2) is 6.54 Å². The van der Waals surface area contributed by atoms with Crippen LogP contribution in [0.4, 0.5) is 18.9 Å². The van der Waals surface area contributed by atoms with Gasteiger partial charge in [-0.3, -0.25) is 0 Å². The summed E-state index contributed by atoms with van der Waals surface area (Å²) in [6, 6.07) is 3.23. The lowest BCUT2D eigenvalue weighted by atomic mass is 10.1. The molecule has 0 aliphatic heterocycles. The molecule has 0 aromatic heterocycles. The molecule has 0 unspecified atom stereocenters. The van der Waals surface area contributed by atoms with Gasteiger partial charge in [0.25, 0.3) is 0 Å². The number of nitrogen functional groups attached to an aromatic ring is 1. The molecule has 1 aromatic rings. The summed E-state index contributed by atoms with van der Waals surface area (Å²) in [4.78, 5) is 0. The topological polar surface area (TPSA) is 52.0 Å². The Morgan fingerprint density at radius 2 is 1.93 bits per heavy atom. The van der Waals surface area contributed by atoms with E-state index >= 15 is 0 Å². The van der Waals surface area contributed by atoms with E-state index in [1.54, 1.807) is 12.2 Å². The van der Waals surface area contributed by atoms with Crippen molar-refractivity contribution in [2.24, 2.45) is 5.73 Å². The Morgan fingerprint density at radius 1 is 1.27 bits per heavy atom. The molecule has 5 heteroatoms. The lowest BCUT2D eigenvalue weighted by Crippen LogP contribution is -2.06. The molecule has 0 saturated heterocycles. The van der Waals surface area contributed by atoms with E-state index in [1.165, 1.54) is 6.07 Å². The minimum atomic E-state index is -4.36. The van der Waals surface area contributed by atoms with Gasteiger partial charge in [0.05, 0.1) is 5.56 Å². The Balaban J connectivity index is 3.04. The van der Waals surface area contributed by atoms with E-state index in [2.05, 4.69) is 0 Å². The van der Waals surface area contributed by atoms with Gasteiger partial charge < -0.3 is 11.5 Å². The van der Waals surface area contributed by atoms with Crippen molar-refractivity contribution in [1.82, 2.24) is 0 Å². The van der Waals surface area contributed by atoms with Crippen LogP contribution in [0.3, 0.4) is 0 Å². The van der Waals surface area contributed by atoms with E-state index in [1.807, 2.05) is 0 Å². The van der Waals surface area contributed by atoms with Gasteiger partial charge in [-0.1, -0.05) is 18.2 Å². The second-order valence-electron chi connectivity index (χ2n) is 2.98. The molecule has 1 rings (SSSR count). The van der Waals surface area contributed by atoms with Crippen LogP contribution in [-0.2, 0) is 6.18 Å². The second kappa shape index (κ2) is 4.35. The number of hydrogen-bond donors (Lipinski definition) is 2. The standard InChI is InChI=1S/C10H11F3N2/c11-10(12,13)8-4-3-7(2-1-5-14)9(15)6-8/h1-4,6H,5,14-15H2. The number of halogens is 3. The number of alkyl halides is 3. The monoisotopic (exact) mass is 216 g/mol. The molecule has 0 amide bonds. The summed E-state index contributed by atoms with van der Waals surface area (Å²) in [5.74, 6) is 0. The predicted octanol–water partition coefficient (Wildman–Crippen LogP) is 2.26. The summed E-state index contributed by atoms with van der Waals surface area (Å²) >= 11 is 0. The van der Waals surface area contributed by atoms with Crippen molar-refractivity contribution in [2.75, 3.05) is 12.3 Å². The molecular weight excluding hydrogens is 205 g/mol. The van der Waals surface area contributed by atoms with E-state index in [9.17, 15) is 13.2 Å². The first kappa shape index (κ1) is 11.6. The zero-order valence-corrected chi connectivity index (χ0v) is 7.88. The number of anilines is 1. The van der Waals surface area contributed by atoms with Crippen molar-refractivity contribution in [3.05, 3.63) is 35.4 Å². The fourth-order valence-electron chi connectivity index (χ4n) is 1.10. The van der Waals surface area contributed by atoms with Crippen LogP contribution in [0, 0.1) is 0 Å². The Labute approximate surface area is 85.4 Å². The first-order valence-corrected chi connectivity index (χ1v) is 4.28. The Morgan fingerprint density at radius 3 is 2.40 bits per heavy atom. The molecule has 0 aliphatic carbocycles. The van der Waals surface area contributed by atoms with Gasteiger partial charge in [0.2, 0.25) is 0 Å². The quantitative estimate of drug-likeness (QED) is 0.745. The number of benzene rings is 1. The molecule has 2 nitrogen and oxygen atoms in total. The maximum absolute atomic E-state index is 12.3. The maximum atomic E-state index is 12.3. The third-order valence-corrected chi connectivity index (χ3v) is 1.85. The van der Waals surface area contributed by atoms with Gasteiger partial charge in [-0.2, -0.15) is 13.2 Å². The predicted molar refractivity (Wildman–Crippen MR) is 53.9 cm³/mol. The van der Waals surface area contributed by atoms with Crippen LogP contribution in [0.1, 0.15) is 11.1 Å². The molecular formula is C10H11F3N2. The molecule has 4 N–H and O–H groups in total. The third kappa shape index (κ3) is 2.99. The highest BCUT2D eigenvalue weighted by Gasteiger charge is 2.30. The molecule has 15 heavy (non-hydrogen) atoms. The minimum absolute atomic E-state index is 0.0922. The highest BCUT2D eigenvalue weighted by Crippen LogP contribution is 2.31. The lowest BCUT2D eigenvalue weighted by Gasteiger charge is -2.08. The Bertz CT molecular complexity index is 369. The van der Waals surface area contributed by atoms with E-state index in [4.69, 9.17) is 11.5 Å². The van der Waals surface area contributed by atoms with Gasteiger partial charge >= 0.3 is 6.18 Å². The average molecular weight is 216 g/mol. The molecule has 0 atom stereocenters. The SMILES string of the molecule is NCC=Cc1ccc(C(F)(F)F)cc1N. The van der Waals surface area contributed by atoms with Crippen LogP contribution in [0.5, 0.6) is 0 Å². The smallest absolute Gasteiger partial charge is 0.398 e. The summed E-state index contributed by atoms with van der Waals surface area (Å²) in [6.45, 7) is 0.320. The highest BCUT2D eigenvalue weighted by molar-refractivity contribution is 5.65. The van der Waals surface area contributed by atoms with Crippen LogP contribution >= 0.6 is 0 Å². The van der Waals surface area contributed by atoms with Crippen molar-refractivity contribution in [2.45, 2.75) is 6.18 Å². The zero-order valence-electron chi connectivity index (χ0n) is 7.88. The Hall–Kier alpha value is -1.49. The van der Waals surface area contributed by atoms with Crippen LogP contribution in [0.2, 0.25) is 0 Å². The van der Waals surface area contributed by atoms with Crippen molar-refractivity contribution < 1.29 is 13.2 Å². The molecule has 0 fully saturated rings. The molecule has 0 spiro atoms. The normalized spacial score (nSPS) is 12.3. The second-order valence-corrected chi connectivity index (χ2v) is 2.98. The summed E-state index contributed by atoms with van der Waals surface area (Å²) in [6.07, 6.45) is -1.14. The van der Waals surface area contributed by atoms with Crippen molar-refractivity contribution in [3.8, 4) is 0 Å². The van der Waals surface area contributed by atoms with Crippen molar-refractivity contribution >= 4 is 11.8 Å². The average Bonchev–Trinajstić information content (AvgIpc) is 2.14. The van der Waals surface area contributed by atoms with Gasteiger partial charge in [0.15, 0.2) is 0 Å². The van der Waals surface area contributed by atoms with Crippen LogP contribution in [0.15, 0.2) is 24.3 Å². The molecule has 0 heterocycles. The van der Waals surface area contributed by atoms with Gasteiger partial charge in [-0.05, 0) is 17.7 Å². The van der Waals surface area contributed by atoms with Crippen LogP contribution < -0.4 is 11.5 Å². The number of rotatable bonds is 2. The summed E-state index contributed by atoms with van der Waals surface area (Å²) in [5, 5.41) is 0. The molecule has 1 aromatic carbocycles. The molecule has 0 radical (unpaired) electrons. The maximum Gasteiger partial charge on any atom is 0.416 e. The fourth-order valence-corrected chi connectivity index (χ4v) is 1.10. The number of nitrogens with two attached hydrogens (primary N) is 2. The van der Waals surface area contributed by atoms with Crippen molar-refractivity contribution in [1.29, 1.82) is 0 Å². The highest BCUT2D eigenvalue weighted by atomic mass is 19.4. The first-order valence-electron chi connectivity index (χ1n) is 4.28. The lowest BCUT2D eigenvalue weighted by molar-refractivity contribution is -0.137. The van der Waals surface area contributed by atoms with Gasteiger partial charge in [-0.25, -0.2) is 0 Å². The molecule has 0 saturated carbocycles. The van der Waals surface area contributed by atoms with E-state index in [-0.39, 0.29) is 5.69 Å². The first-order chi connectivity index (χ1) is 6.95.